The van der Waals surface area contributed by atoms with E-state index >= 15 is 0 Å². The van der Waals surface area contributed by atoms with Gasteiger partial charge >= 0.3 is 0 Å². The van der Waals surface area contributed by atoms with E-state index in [1.807, 2.05) is 11.3 Å². The highest BCUT2D eigenvalue weighted by Crippen LogP contribution is 2.24. The summed E-state index contributed by atoms with van der Waals surface area (Å²) < 4.78 is 1.29. The van der Waals surface area contributed by atoms with Crippen molar-refractivity contribution in [2.24, 2.45) is 0 Å². The average molecular weight is 304 g/mol. The third kappa shape index (κ3) is 4.98. The first kappa shape index (κ1) is 14.2. The number of hydrogen-bond donors (Lipinski definition) is 1. The van der Waals surface area contributed by atoms with Crippen molar-refractivity contribution in [3.63, 3.8) is 0 Å². The second-order valence-electron chi connectivity index (χ2n) is 4.13. The zero-order valence-electron chi connectivity index (χ0n) is 10.3. The molecule has 1 aromatic heterocycles. The molecular formula is C13H22BrNS. The Morgan fingerprint density at radius 2 is 2.19 bits per heavy atom. The first-order chi connectivity index (χ1) is 7.77. The molecule has 0 spiro atoms. The molecule has 0 aliphatic rings. The first-order valence-electron chi connectivity index (χ1n) is 6.23. The summed E-state index contributed by atoms with van der Waals surface area (Å²) in [6.07, 6.45) is 6.38. The van der Waals surface area contributed by atoms with Crippen LogP contribution >= 0.6 is 27.3 Å². The predicted octanol–water partition coefficient (Wildman–Crippen LogP) is 4.61. The Bertz CT molecular complexity index is 279. The minimum Gasteiger partial charge on any atom is -0.314 e. The van der Waals surface area contributed by atoms with E-state index in [4.69, 9.17) is 0 Å². The quantitative estimate of drug-likeness (QED) is 0.739. The van der Waals surface area contributed by atoms with Crippen LogP contribution in [0, 0.1) is 0 Å². The molecule has 1 atom stereocenters. The van der Waals surface area contributed by atoms with Crippen molar-refractivity contribution in [2.45, 2.75) is 52.0 Å². The van der Waals surface area contributed by atoms with Gasteiger partial charge in [-0.2, -0.15) is 0 Å². The summed E-state index contributed by atoms with van der Waals surface area (Å²) in [6, 6.07) is 2.86. The van der Waals surface area contributed by atoms with Gasteiger partial charge in [-0.05, 0) is 59.6 Å². The van der Waals surface area contributed by atoms with Crippen LogP contribution in [0.2, 0.25) is 0 Å². The molecule has 3 heteroatoms. The molecule has 1 aromatic rings. The zero-order valence-corrected chi connectivity index (χ0v) is 12.7. The molecule has 0 amide bonds. The second-order valence-corrected chi connectivity index (χ2v) is 5.98. The van der Waals surface area contributed by atoms with Crippen LogP contribution in [0.25, 0.3) is 0 Å². The lowest BCUT2D eigenvalue weighted by Gasteiger charge is -2.16. The Labute approximate surface area is 112 Å². The van der Waals surface area contributed by atoms with E-state index in [1.165, 1.54) is 41.5 Å². The predicted molar refractivity (Wildman–Crippen MR) is 77.3 cm³/mol. The summed E-state index contributed by atoms with van der Waals surface area (Å²) in [5.74, 6) is 0. The largest absolute Gasteiger partial charge is 0.314 e. The maximum atomic E-state index is 3.59. The van der Waals surface area contributed by atoms with Crippen LogP contribution in [0.5, 0.6) is 0 Å². The van der Waals surface area contributed by atoms with Crippen molar-refractivity contribution in [1.82, 2.24) is 5.32 Å². The van der Waals surface area contributed by atoms with E-state index < -0.39 is 0 Å². The van der Waals surface area contributed by atoms with E-state index in [0.717, 1.165) is 6.54 Å². The van der Waals surface area contributed by atoms with Crippen LogP contribution in [0.1, 0.15) is 44.4 Å². The van der Waals surface area contributed by atoms with E-state index in [1.54, 1.807) is 0 Å². The third-order valence-corrected chi connectivity index (χ3v) is 4.76. The minimum atomic E-state index is 0.716. The Morgan fingerprint density at radius 3 is 2.75 bits per heavy atom. The number of aryl methyl sites for hydroxylation is 1. The van der Waals surface area contributed by atoms with Gasteiger partial charge in [0, 0.05) is 15.4 Å². The summed E-state index contributed by atoms with van der Waals surface area (Å²) in [5, 5.41) is 5.73. The molecule has 92 valence electrons. The van der Waals surface area contributed by atoms with Crippen molar-refractivity contribution in [3.05, 3.63) is 20.8 Å². The highest BCUT2D eigenvalue weighted by atomic mass is 79.9. The third-order valence-electron chi connectivity index (χ3n) is 2.78. The Kier molecular flexibility index (Phi) is 7.33. The smallest absolute Gasteiger partial charge is 0.0314 e. The first-order valence-corrected chi connectivity index (χ1v) is 7.90. The van der Waals surface area contributed by atoms with Crippen LogP contribution in [0.15, 0.2) is 15.9 Å². The van der Waals surface area contributed by atoms with E-state index in [0.29, 0.717) is 6.04 Å². The van der Waals surface area contributed by atoms with Gasteiger partial charge in [0.25, 0.3) is 0 Å². The molecule has 1 N–H and O–H groups in total. The Balaban J connectivity index is 2.24. The van der Waals surface area contributed by atoms with Gasteiger partial charge in [0.1, 0.15) is 0 Å². The zero-order chi connectivity index (χ0) is 11.8. The van der Waals surface area contributed by atoms with Crippen LogP contribution in [-0.2, 0) is 6.42 Å². The monoisotopic (exact) mass is 303 g/mol. The lowest BCUT2D eigenvalue weighted by atomic mass is 10.0. The molecule has 0 fully saturated rings. The number of rotatable bonds is 8. The van der Waals surface area contributed by atoms with Crippen LogP contribution in [-0.4, -0.2) is 12.6 Å². The fourth-order valence-corrected chi connectivity index (χ4v) is 3.60. The molecule has 0 radical (unpaired) electrons. The summed E-state index contributed by atoms with van der Waals surface area (Å²) >= 11 is 5.45. The van der Waals surface area contributed by atoms with Gasteiger partial charge in [0.05, 0.1) is 0 Å². The summed E-state index contributed by atoms with van der Waals surface area (Å²) in [4.78, 5) is 1.49. The van der Waals surface area contributed by atoms with Gasteiger partial charge in [-0.25, -0.2) is 0 Å². The topological polar surface area (TPSA) is 12.0 Å². The Morgan fingerprint density at radius 1 is 1.38 bits per heavy atom. The van der Waals surface area contributed by atoms with Gasteiger partial charge in [0.15, 0.2) is 0 Å². The van der Waals surface area contributed by atoms with Gasteiger partial charge < -0.3 is 5.32 Å². The lowest BCUT2D eigenvalue weighted by Crippen LogP contribution is -2.28. The van der Waals surface area contributed by atoms with Crippen molar-refractivity contribution in [1.29, 1.82) is 0 Å². The molecule has 0 aromatic carbocycles. The van der Waals surface area contributed by atoms with Gasteiger partial charge in [-0.3, -0.25) is 0 Å². The second kappa shape index (κ2) is 8.26. The number of thiophene rings is 1. The van der Waals surface area contributed by atoms with Crippen LogP contribution < -0.4 is 5.32 Å². The molecule has 0 aliphatic carbocycles. The molecule has 0 bridgehead atoms. The van der Waals surface area contributed by atoms with Crippen molar-refractivity contribution >= 4 is 27.3 Å². The molecule has 0 aliphatic heterocycles. The summed E-state index contributed by atoms with van der Waals surface area (Å²) in [6.45, 7) is 5.55. The van der Waals surface area contributed by atoms with Crippen LogP contribution in [0.3, 0.4) is 0 Å². The molecule has 0 saturated heterocycles. The van der Waals surface area contributed by atoms with Crippen molar-refractivity contribution in [3.8, 4) is 0 Å². The van der Waals surface area contributed by atoms with E-state index in [9.17, 15) is 0 Å². The van der Waals surface area contributed by atoms with Crippen molar-refractivity contribution in [2.75, 3.05) is 6.54 Å². The maximum Gasteiger partial charge on any atom is 0.0314 e. The molecule has 16 heavy (non-hydrogen) atoms. The van der Waals surface area contributed by atoms with Gasteiger partial charge in [0.2, 0.25) is 0 Å². The molecular weight excluding hydrogens is 282 g/mol. The summed E-state index contributed by atoms with van der Waals surface area (Å²) in [5.41, 5.74) is 0. The normalized spacial score (nSPS) is 12.9. The molecule has 1 rings (SSSR count). The molecule has 1 nitrogen and oxygen atoms in total. The highest BCUT2D eigenvalue weighted by Gasteiger charge is 2.07. The van der Waals surface area contributed by atoms with Gasteiger partial charge in [-0.15, -0.1) is 11.3 Å². The summed E-state index contributed by atoms with van der Waals surface area (Å²) in [7, 11) is 0. The minimum absolute atomic E-state index is 0.716. The maximum absolute atomic E-state index is 3.59. The lowest BCUT2D eigenvalue weighted by molar-refractivity contribution is 0.448. The molecule has 0 saturated carbocycles. The SMILES string of the molecule is CCCC(CCCc1sccc1Br)NCC. The number of nitrogens with one attached hydrogen (secondary N) is 1. The highest BCUT2D eigenvalue weighted by molar-refractivity contribution is 9.10. The van der Waals surface area contributed by atoms with E-state index in [2.05, 4.69) is 46.5 Å². The van der Waals surface area contributed by atoms with Crippen molar-refractivity contribution < 1.29 is 0 Å². The fourth-order valence-electron chi connectivity index (χ4n) is 2.00. The standard InChI is InChI=1S/C13H22BrNS/c1-3-6-11(15-4-2)7-5-8-13-12(14)9-10-16-13/h9-11,15H,3-8H2,1-2H3. The molecule has 1 heterocycles. The molecule has 1 unspecified atom stereocenters. The Hall–Kier alpha value is 0.140. The fraction of sp³-hybridized carbons (Fsp3) is 0.692. The van der Waals surface area contributed by atoms with Crippen LogP contribution in [0.4, 0.5) is 0 Å². The number of halogens is 1. The van der Waals surface area contributed by atoms with Gasteiger partial charge in [-0.1, -0.05) is 20.3 Å². The number of hydrogen-bond acceptors (Lipinski definition) is 2. The van der Waals surface area contributed by atoms with E-state index in [-0.39, 0.29) is 0 Å². The average Bonchev–Trinajstić information content (AvgIpc) is 2.65.